The zero-order chi connectivity index (χ0) is 23.9. The van der Waals surface area contributed by atoms with Crippen molar-refractivity contribution >= 4 is 36.0 Å². The number of hydrazine groups is 1. The summed E-state index contributed by atoms with van der Waals surface area (Å²) in [7, 11) is 0. The molecule has 2 amide bonds. The number of hydrogen-bond donors (Lipinski definition) is 1. The van der Waals surface area contributed by atoms with Gasteiger partial charge >= 0.3 is 0 Å². The van der Waals surface area contributed by atoms with Gasteiger partial charge in [0.15, 0.2) is 0 Å². The molecule has 2 aliphatic rings. The summed E-state index contributed by atoms with van der Waals surface area (Å²) < 4.78 is 12.2. The van der Waals surface area contributed by atoms with Gasteiger partial charge in [-0.05, 0) is 69.6 Å². The lowest BCUT2D eigenvalue weighted by atomic mass is 10.0. The smallest absolute Gasteiger partial charge is 0.282 e. The summed E-state index contributed by atoms with van der Waals surface area (Å²) in [6.45, 7) is 8.21. The zero-order valence-corrected chi connectivity index (χ0v) is 21.2. The molecule has 0 bridgehead atoms. The fourth-order valence-electron chi connectivity index (χ4n) is 4.30. The monoisotopic (exact) mass is 499 g/mol. The van der Waals surface area contributed by atoms with E-state index >= 15 is 0 Å². The molecule has 7 nitrogen and oxygen atoms in total. The maximum Gasteiger partial charge on any atom is 0.282 e. The summed E-state index contributed by atoms with van der Waals surface area (Å²) in [6, 6.07) is 12.8. The largest absolute Gasteiger partial charge is 0.493 e. The van der Waals surface area contributed by atoms with Gasteiger partial charge in [-0.25, -0.2) is 5.01 Å². The van der Waals surface area contributed by atoms with Crippen molar-refractivity contribution in [1.29, 1.82) is 0 Å². The molecule has 0 atom stereocenters. The second kappa shape index (κ2) is 12.6. The van der Waals surface area contributed by atoms with E-state index in [0.717, 1.165) is 37.4 Å². The third-order valence-corrected chi connectivity index (χ3v) is 6.16. The number of likely N-dealkylation sites (tertiary alicyclic amines) is 1. The van der Waals surface area contributed by atoms with E-state index < -0.39 is 5.91 Å². The Morgan fingerprint density at radius 3 is 2.43 bits per heavy atom. The molecular weight excluding hydrogens is 466 g/mol. The van der Waals surface area contributed by atoms with E-state index in [2.05, 4.69) is 17.2 Å². The minimum Gasteiger partial charge on any atom is -0.493 e. The van der Waals surface area contributed by atoms with Crippen molar-refractivity contribution in [2.45, 2.75) is 39.5 Å². The molecule has 4 rings (SSSR count). The number of nitrogens with one attached hydrogen (secondary N) is 1. The van der Waals surface area contributed by atoms with E-state index in [4.69, 9.17) is 9.47 Å². The number of halogens is 1. The summed E-state index contributed by atoms with van der Waals surface area (Å²) in [5.74, 6) is 0.582. The number of para-hydroxylation sites is 1. The third kappa shape index (κ3) is 6.35. The van der Waals surface area contributed by atoms with Crippen LogP contribution in [0.1, 0.15) is 43.7 Å². The molecule has 2 heterocycles. The Labute approximate surface area is 213 Å². The van der Waals surface area contributed by atoms with Crippen LogP contribution in [0, 0.1) is 6.92 Å². The highest BCUT2D eigenvalue weighted by Crippen LogP contribution is 2.34. The van der Waals surface area contributed by atoms with Gasteiger partial charge in [0, 0.05) is 17.7 Å². The van der Waals surface area contributed by atoms with Crippen LogP contribution in [-0.2, 0) is 9.59 Å². The Morgan fingerprint density at radius 1 is 0.971 bits per heavy atom. The Kier molecular flexibility index (Phi) is 9.57. The molecule has 0 aliphatic carbocycles. The van der Waals surface area contributed by atoms with Crippen LogP contribution in [0.3, 0.4) is 0 Å². The van der Waals surface area contributed by atoms with Crippen molar-refractivity contribution in [1.82, 2.24) is 10.3 Å². The van der Waals surface area contributed by atoms with Gasteiger partial charge in [-0.2, -0.15) is 0 Å². The number of nitrogens with zero attached hydrogens (tertiary/aromatic N) is 2. The Balaban J connectivity index is 0.00000342. The van der Waals surface area contributed by atoms with Gasteiger partial charge in [-0.15, -0.1) is 12.4 Å². The average molecular weight is 500 g/mol. The first-order chi connectivity index (χ1) is 16.6. The number of benzene rings is 2. The van der Waals surface area contributed by atoms with Gasteiger partial charge in [0.1, 0.15) is 23.7 Å². The van der Waals surface area contributed by atoms with Crippen LogP contribution < -0.4 is 19.9 Å². The van der Waals surface area contributed by atoms with E-state index in [0.29, 0.717) is 30.2 Å². The fraction of sp³-hybridized carbons (Fsp3) is 0.407. The molecule has 0 aromatic heterocycles. The molecule has 2 aromatic rings. The molecule has 0 saturated carbocycles. The average Bonchev–Trinajstić information content (AvgIpc) is 3.14. The molecule has 0 unspecified atom stereocenters. The van der Waals surface area contributed by atoms with Crippen LogP contribution in [-0.4, -0.2) is 49.6 Å². The molecule has 2 saturated heterocycles. The first kappa shape index (κ1) is 26.6. The third-order valence-electron chi connectivity index (χ3n) is 6.16. The van der Waals surface area contributed by atoms with E-state index in [-0.39, 0.29) is 23.9 Å². The normalized spacial score (nSPS) is 17.3. The van der Waals surface area contributed by atoms with Crippen LogP contribution in [0.5, 0.6) is 11.5 Å². The Morgan fingerprint density at radius 2 is 1.71 bits per heavy atom. The minimum absolute atomic E-state index is 0. The van der Waals surface area contributed by atoms with Gasteiger partial charge < -0.3 is 9.47 Å². The van der Waals surface area contributed by atoms with Gasteiger partial charge in [-0.3, -0.25) is 19.9 Å². The second-order valence-electron chi connectivity index (χ2n) is 8.68. The maximum atomic E-state index is 13.0. The summed E-state index contributed by atoms with van der Waals surface area (Å²) >= 11 is 0. The second-order valence-corrected chi connectivity index (χ2v) is 8.68. The van der Waals surface area contributed by atoms with Gasteiger partial charge in [0.2, 0.25) is 0 Å². The lowest BCUT2D eigenvalue weighted by Crippen LogP contribution is -2.35. The van der Waals surface area contributed by atoms with Gasteiger partial charge in [-0.1, -0.05) is 31.5 Å². The summed E-state index contributed by atoms with van der Waals surface area (Å²) in [5, 5.41) is 1.27. The van der Waals surface area contributed by atoms with Crippen molar-refractivity contribution in [3.63, 3.8) is 0 Å². The van der Waals surface area contributed by atoms with Gasteiger partial charge in [0.25, 0.3) is 11.8 Å². The number of carbonyl (C=O) groups excluding carboxylic acids is 2. The van der Waals surface area contributed by atoms with E-state index in [1.54, 1.807) is 18.2 Å². The lowest BCUT2D eigenvalue weighted by molar-refractivity contribution is -0.117. The molecule has 35 heavy (non-hydrogen) atoms. The van der Waals surface area contributed by atoms with Gasteiger partial charge in [0.05, 0.1) is 12.3 Å². The molecule has 0 radical (unpaired) electrons. The molecule has 1 N–H and O–H groups in total. The first-order valence-electron chi connectivity index (χ1n) is 12.1. The van der Waals surface area contributed by atoms with E-state index in [9.17, 15) is 9.59 Å². The van der Waals surface area contributed by atoms with Crippen LogP contribution >= 0.6 is 12.4 Å². The number of anilines is 1. The quantitative estimate of drug-likeness (QED) is 0.405. The number of amides is 2. The predicted octanol–water partition coefficient (Wildman–Crippen LogP) is 4.53. The number of rotatable bonds is 9. The minimum atomic E-state index is -0.433. The highest BCUT2D eigenvalue weighted by atomic mass is 35.5. The molecule has 188 valence electrons. The Hall–Kier alpha value is -3.03. The van der Waals surface area contributed by atoms with E-state index in [1.807, 2.05) is 37.3 Å². The molecule has 0 spiro atoms. The van der Waals surface area contributed by atoms with Crippen molar-refractivity contribution in [2.24, 2.45) is 0 Å². The standard InChI is InChI=1S/C27H33N3O4.ClH/c1-3-17-33-24-13-12-21(25(20(24)2)34-18-16-29-14-8-5-9-15-29)19-23-26(31)28-30(27(23)32)22-10-6-4-7-11-22;/h4,6-7,10-13,19H,3,5,8-9,14-18H2,1-2H3,(H,28,31);1H/b23-19-;. The SMILES string of the molecule is CCCOc1ccc(/C=C2/C(=O)NN(c3ccccc3)C2=O)c(OCCN2CCCCC2)c1C.Cl. The fourth-order valence-corrected chi connectivity index (χ4v) is 4.30. The number of ether oxygens (including phenoxy) is 2. The summed E-state index contributed by atoms with van der Waals surface area (Å²) in [4.78, 5) is 28.1. The number of carbonyl (C=O) groups is 2. The topological polar surface area (TPSA) is 71.1 Å². The Bertz CT molecular complexity index is 1050. The van der Waals surface area contributed by atoms with Crippen LogP contribution in [0.4, 0.5) is 5.69 Å². The van der Waals surface area contributed by atoms with Crippen LogP contribution in [0.2, 0.25) is 0 Å². The van der Waals surface area contributed by atoms with Crippen molar-refractivity contribution in [2.75, 3.05) is 37.9 Å². The summed E-state index contributed by atoms with van der Waals surface area (Å²) in [5.41, 5.74) is 4.90. The molecular formula is C27H34ClN3O4. The molecule has 2 aliphatic heterocycles. The molecule has 8 heteroatoms. The van der Waals surface area contributed by atoms with E-state index in [1.165, 1.54) is 24.3 Å². The zero-order valence-electron chi connectivity index (χ0n) is 20.4. The molecule has 2 fully saturated rings. The number of hydrogen-bond acceptors (Lipinski definition) is 5. The first-order valence-corrected chi connectivity index (χ1v) is 12.1. The van der Waals surface area contributed by atoms with Crippen molar-refractivity contribution in [3.8, 4) is 11.5 Å². The maximum absolute atomic E-state index is 13.0. The molecule has 2 aromatic carbocycles. The highest BCUT2D eigenvalue weighted by molar-refractivity contribution is 6.31. The highest BCUT2D eigenvalue weighted by Gasteiger charge is 2.34. The van der Waals surface area contributed by atoms with Crippen LogP contribution in [0.15, 0.2) is 48.0 Å². The van der Waals surface area contributed by atoms with Crippen molar-refractivity contribution < 1.29 is 19.1 Å². The predicted molar refractivity (Wildman–Crippen MR) is 140 cm³/mol. The summed E-state index contributed by atoms with van der Waals surface area (Å²) in [6.07, 6.45) is 6.27. The van der Waals surface area contributed by atoms with Crippen LogP contribution in [0.25, 0.3) is 6.08 Å². The van der Waals surface area contributed by atoms with Crippen molar-refractivity contribution in [3.05, 3.63) is 59.2 Å². The lowest BCUT2D eigenvalue weighted by Gasteiger charge is -2.26. The number of piperidine rings is 1.